The Bertz CT molecular complexity index is 976. The van der Waals surface area contributed by atoms with E-state index in [0.717, 1.165) is 15.1 Å². The molecule has 0 aliphatic carbocycles. The van der Waals surface area contributed by atoms with Gasteiger partial charge < -0.3 is 0 Å². The van der Waals surface area contributed by atoms with E-state index >= 15 is 0 Å². The van der Waals surface area contributed by atoms with Gasteiger partial charge in [-0.05, 0) is 53.5 Å². The van der Waals surface area contributed by atoms with Gasteiger partial charge in [-0.15, -0.1) is 0 Å². The smallest absolute Gasteiger partial charge is 0.237 e. The van der Waals surface area contributed by atoms with E-state index in [-0.39, 0.29) is 10.4 Å². The second-order valence-electron chi connectivity index (χ2n) is 5.18. The number of rotatable bonds is 2. The molecule has 1 heterocycles. The zero-order chi connectivity index (χ0) is 16.1. The second-order valence-corrected chi connectivity index (χ2v) is 7.85. The Balaban J connectivity index is 2.35. The van der Waals surface area contributed by atoms with Crippen molar-refractivity contribution in [3.05, 3.63) is 64.0 Å². The lowest BCUT2D eigenvalue weighted by Gasteiger charge is -2.09. The number of hydrogen-bond donors (Lipinski definition) is 0. The predicted molar refractivity (Wildman–Crippen MR) is 88.1 cm³/mol. The Labute approximate surface area is 136 Å². The van der Waals surface area contributed by atoms with Gasteiger partial charge in [-0.1, -0.05) is 23.8 Å². The molecule has 2 aromatic carbocycles. The minimum Gasteiger partial charge on any atom is -0.237 e. The van der Waals surface area contributed by atoms with Crippen molar-refractivity contribution in [2.45, 2.75) is 18.7 Å². The standard InChI is InChI=1S/C16H13BrFNO2S/c1-10-3-6-12(7-4-10)22(20,21)19-9-13(17)15-11(2)5-8-14(18)16(15)19/h3-9H,1-2H3. The lowest BCUT2D eigenvalue weighted by molar-refractivity contribution is 0.586. The molecule has 3 rings (SSSR count). The largest absolute Gasteiger partial charge is 0.268 e. The number of benzene rings is 2. The molecule has 0 unspecified atom stereocenters. The zero-order valence-electron chi connectivity index (χ0n) is 12.0. The zero-order valence-corrected chi connectivity index (χ0v) is 14.4. The first-order chi connectivity index (χ1) is 10.3. The van der Waals surface area contributed by atoms with Gasteiger partial charge in [0.25, 0.3) is 10.0 Å². The van der Waals surface area contributed by atoms with E-state index in [1.54, 1.807) is 18.2 Å². The highest BCUT2D eigenvalue weighted by molar-refractivity contribution is 9.10. The summed E-state index contributed by atoms with van der Waals surface area (Å²) >= 11 is 3.33. The molecule has 0 radical (unpaired) electrons. The summed E-state index contributed by atoms with van der Waals surface area (Å²) in [6.45, 7) is 3.69. The summed E-state index contributed by atoms with van der Waals surface area (Å²) in [7, 11) is -3.85. The van der Waals surface area contributed by atoms with Crippen molar-refractivity contribution in [3.63, 3.8) is 0 Å². The lowest BCUT2D eigenvalue weighted by atomic mass is 10.1. The van der Waals surface area contributed by atoms with E-state index in [1.165, 1.54) is 24.4 Å². The second kappa shape index (κ2) is 5.21. The van der Waals surface area contributed by atoms with Crippen LogP contribution in [0.2, 0.25) is 0 Å². The third-order valence-corrected chi connectivity index (χ3v) is 5.88. The molecule has 22 heavy (non-hydrogen) atoms. The average molecular weight is 382 g/mol. The first kappa shape index (κ1) is 15.2. The van der Waals surface area contributed by atoms with Crippen LogP contribution in [0.3, 0.4) is 0 Å². The summed E-state index contributed by atoms with van der Waals surface area (Å²) in [5.41, 5.74) is 1.83. The van der Waals surface area contributed by atoms with E-state index in [9.17, 15) is 12.8 Å². The normalized spacial score (nSPS) is 12.0. The maximum absolute atomic E-state index is 14.2. The van der Waals surface area contributed by atoms with Crippen LogP contribution in [0.5, 0.6) is 0 Å². The summed E-state index contributed by atoms with van der Waals surface area (Å²) in [4.78, 5) is 0.128. The Hall–Kier alpha value is -1.66. The van der Waals surface area contributed by atoms with E-state index in [2.05, 4.69) is 15.9 Å². The van der Waals surface area contributed by atoms with Gasteiger partial charge in [0, 0.05) is 16.1 Å². The number of halogens is 2. The van der Waals surface area contributed by atoms with Crippen LogP contribution in [-0.4, -0.2) is 12.4 Å². The van der Waals surface area contributed by atoms with Crippen molar-refractivity contribution < 1.29 is 12.8 Å². The van der Waals surface area contributed by atoms with Gasteiger partial charge in [-0.3, -0.25) is 0 Å². The summed E-state index contributed by atoms with van der Waals surface area (Å²) in [6, 6.07) is 9.40. The molecule has 0 bridgehead atoms. The minimum absolute atomic E-state index is 0.0625. The van der Waals surface area contributed by atoms with Crippen LogP contribution in [0.1, 0.15) is 11.1 Å². The third kappa shape index (κ3) is 2.27. The monoisotopic (exact) mass is 381 g/mol. The van der Waals surface area contributed by atoms with Crippen molar-refractivity contribution in [3.8, 4) is 0 Å². The van der Waals surface area contributed by atoms with E-state index in [0.29, 0.717) is 9.86 Å². The molecule has 0 amide bonds. The molecule has 114 valence electrons. The van der Waals surface area contributed by atoms with Crippen molar-refractivity contribution in [1.82, 2.24) is 3.97 Å². The summed E-state index contributed by atoms with van der Waals surface area (Å²) in [6.07, 6.45) is 1.40. The quantitative estimate of drug-likeness (QED) is 0.659. The fourth-order valence-electron chi connectivity index (χ4n) is 2.43. The lowest BCUT2D eigenvalue weighted by Crippen LogP contribution is -2.12. The Morgan fingerprint density at radius 2 is 1.68 bits per heavy atom. The molecule has 0 atom stereocenters. The predicted octanol–water partition coefficient (Wildman–Crippen LogP) is 4.40. The molecule has 0 fully saturated rings. The highest BCUT2D eigenvalue weighted by Gasteiger charge is 2.23. The van der Waals surface area contributed by atoms with E-state index in [4.69, 9.17) is 0 Å². The highest BCUT2D eigenvalue weighted by atomic mass is 79.9. The van der Waals surface area contributed by atoms with Gasteiger partial charge in [0.1, 0.15) is 11.3 Å². The van der Waals surface area contributed by atoms with Crippen molar-refractivity contribution >= 4 is 36.9 Å². The first-order valence-electron chi connectivity index (χ1n) is 6.60. The van der Waals surface area contributed by atoms with Gasteiger partial charge in [0.05, 0.1) is 4.90 Å². The molecule has 3 nitrogen and oxygen atoms in total. The fraction of sp³-hybridized carbons (Fsp3) is 0.125. The molecule has 0 aliphatic heterocycles. The summed E-state index contributed by atoms with van der Waals surface area (Å²) in [5.74, 6) is -0.568. The molecule has 0 N–H and O–H groups in total. The molecule has 0 aliphatic rings. The fourth-order valence-corrected chi connectivity index (χ4v) is 4.64. The number of aromatic nitrogens is 1. The first-order valence-corrected chi connectivity index (χ1v) is 8.83. The van der Waals surface area contributed by atoms with Gasteiger partial charge in [-0.25, -0.2) is 16.8 Å². The van der Waals surface area contributed by atoms with Crippen LogP contribution in [0, 0.1) is 19.7 Å². The van der Waals surface area contributed by atoms with Crippen molar-refractivity contribution in [1.29, 1.82) is 0 Å². The van der Waals surface area contributed by atoms with Crippen LogP contribution >= 0.6 is 15.9 Å². The molecule has 0 saturated heterocycles. The van der Waals surface area contributed by atoms with Crippen LogP contribution in [-0.2, 0) is 10.0 Å². The molecule has 3 aromatic rings. The molecule has 6 heteroatoms. The minimum atomic E-state index is -3.85. The number of fused-ring (bicyclic) bond motifs is 1. The Morgan fingerprint density at radius 3 is 2.32 bits per heavy atom. The van der Waals surface area contributed by atoms with Crippen LogP contribution in [0.25, 0.3) is 10.9 Å². The van der Waals surface area contributed by atoms with Crippen molar-refractivity contribution in [2.24, 2.45) is 0 Å². The molecular weight excluding hydrogens is 369 g/mol. The Kier molecular flexibility index (Phi) is 3.61. The van der Waals surface area contributed by atoms with Crippen LogP contribution in [0.15, 0.2) is 52.0 Å². The number of aryl methyl sites for hydroxylation is 2. The average Bonchev–Trinajstić information content (AvgIpc) is 2.83. The molecular formula is C16H13BrFNO2S. The van der Waals surface area contributed by atoms with E-state index in [1.807, 2.05) is 13.8 Å². The highest BCUT2D eigenvalue weighted by Crippen LogP contribution is 2.33. The molecule has 0 spiro atoms. The van der Waals surface area contributed by atoms with E-state index < -0.39 is 15.8 Å². The Morgan fingerprint density at radius 1 is 1.05 bits per heavy atom. The van der Waals surface area contributed by atoms with Crippen LogP contribution in [0.4, 0.5) is 4.39 Å². The van der Waals surface area contributed by atoms with Gasteiger partial charge in [-0.2, -0.15) is 0 Å². The third-order valence-electron chi connectivity index (χ3n) is 3.60. The maximum Gasteiger partial charge on any atom is 0.268 e. The van der Waals surface area contributed by atoms with Gasteiger partial charge >= 0.3 is 0 Å². The number of hydrogen-bond acceptors (Lipinski definition) is 2. The molecule has 0 saturated carbocycles. The summed E-state index contributed by atoms with van der Waals surface area (Å²) in [5, 5.41) is 0.565. The summed E-state index contributed by atoms with van der Waals surface area (Å²) < 4.78 is 41.4. The topological polar surface area (TPSA) is 39.1 Å². The SMILES string of the molecule is Cc1ccc(S(=O)(=O)n2cc(Br)c3c(C)ccc(F)c32)cc1. The van der Waals surface area contributed by atoms with Crippen LogP contribution < -0.4 is 0 Å². The maximum atomic E-state index is 14.2. The van der Waals surface area contributed by atoms with Gasteiger partial charge in [0.15, 0.2) is 0 Å². The number of nitrogens with zero attached hydrogens (tertiary/aromatic N) is 1. The van der Waals surface area contributed by atoms with Gasteiger partial charge in [0.2, 0.25) is 0 Å². The molecule has 1 aromatic heterocycles. The van der Waals surface area contributed by atoms with Crippen molar-refractivity contribution in [2.75, 3.05) is 0 Å².